The SMILES string of the molecule is O=C([OH2+])CC(=O)[OH2+].[Cu+2].c1ccc(-c2ccccn2)nc1. The van der Waals surface area contributed by atoms with Crippen molar-refractivity contribution in [1.29, 1.82) is 0 Å². The maximum atomic E-state index is 9.58. The van der Waals surface area contributed by atoms with Crippen molar-refractivity contribution in [1.82, 2.24) is 9.97 Å². The minimum atomic E-state index is -1.00. The van der Waals surface area contributed by atoms with Gasteiger partial charge in [-0.1, -0.05) is 12.1 Å². The van der Waals surface area contributed by atoms with Crippen LogP contribution in [0.15, 0.2) is 48.8 Å². The molecule has 4 N–H and O–H groups in total. The van der Waals surface area contributed by atoms with Crippen molar-refractivity contribution in [2.45, 2.75) is 6.42 Å². The zero-order valence-electron chi connectivity index (χ0n) is 10.3. The average molecular weight is 326 g/mol. The van der Waals surface area contributed by atoms with Crippen LogP contribution in [0.4, 0.5) is 0 Å². The Balaban J connectivity index is 0.000000396. The molecule has 0 bridgehead atoms. The Labute approximate surface area is 126 Å². The molecule has 0 fully saturated rings. The maximum absolute atomic E-state index is 9.58. The molecule has 6 nitrogen and oxygen atoms in total. The molecule has 0 aliphatic heterocycles. The van der Waals surface area contributed by atoms with E-state index in [9.17, 15) is 9.59 Å². The molecule has 0 amide bonds. The van der Waals surface area contributed by atoms with Crippen LogP contribution in [0.25, 0.3) is 11.4 Å². The molecule has 2 heterocycles. The van der Waals surface area contributed by atoms with Crippen molar-refractivity contribution in [3.63, 3.8) is 0 Å². The number of aromatic nitrogens is 2. The molecular weight excluding hydrogens is 312 g/mol. The van der Waals surface area contributed by atoms with E-state index in [1.807, 2.05) is 36.4 Å². The molecule has 0 spiro atoms. The maximum Gasteiger partial charge on any atom is 2.00 e. The molecule has 2 aromatic rings. The van der Waals surface area contributed by atoms with Gasteiger partial charge in [0, 0.05) is 22.0 Å². The summed E-state index contributed by atoms with van der Waals surface area (Å²) in [4.78, 5) is 27.5. The molecule has 0 atom stereocenters. The average Bonchev–Trinajstić information content (AvgIpc) is 2.40. The van der Waals surface area contributed by atoms with Gasteiger partial charge in [-0.15, -0.1) is 0 Å². The first kappa shape index (κ1) is 17.8. The van der Waals surface area contributed by atoms with Gasteiger partial charge in [0.25, 0.3) is 6.42 Å². The normalized spacial score (nSPS) is 8.60. The predicted molar refractivity (Wildman–Crippen MR) is 69.3 cm³/mol. The number of carbonyl (C=O) groups is 2. The summed E-state index contributed by atoms with van der Waals surface area (Å²) < 4.78 is 0. The van der Waals surface area contributed by atoms with Gasteiger partial charge in [-0.05, 0) is 24.3 Å². The van der Waals surface area contributed by atoms with E-state index in [4.69, 9.17) is 10.2 Å². The molecule has 20 heavy (non-hydrogen) atoms. The molecule has 107 valence electrons. The van der Waals surface area contributed by atoms with E-state index < -0.39 is 18.4 Å². The topological polar surface area (TPSA) is 106 Å². The molecule has 0 aliphatic rings. The monoisotopic (exact) mass is 325 g/mol. The predicted octanol–water partition coefficient (Wildman–Crippen LogP) is 0.0200. The first-order valence-electron chi connectivity index (χ1n) is 5.41. The number of hydrogen-bond acceptors (Lipinski definition) is 4. The molecule has 7 heteroatoms. The van der Waals surface area contributed by atoms with Crippen LogP contribution < -0.4 is 0 Å². The van der Waals surface area contributed by atoms with Gasteiger partial charge in [-0.25, -0.2) is 0 Å². The smallest absolute Gasteiger partial charge is 0.564 e. The van der Waals surface area contributed by atoms with Gasteiger partial charge in [-0.2, -0.15) is 0 Å². The van der Waals surface area contributed by atoms with Crippen molar-refractivity contribution in [2.24, 2.45) is 0 Å². The summed E-state index contributed by atoms with van der Waals surface area (Å²) in [6.45, 7) is 0. The largest absolute Gasteiger partial charge is 2.00 e. The number of hydrogen-bond donors (Lipinski definition) is 0. The number of nitrogens with zero attached hydrogens (tertiary/aromatic N) is 2. The van der Waals surface area contributed by atoms with Gasteiger partial charge in [0.1, 0.15) is 0 Å². The van der Waals surface area contributed by atoms with Crippen molar-refractivity contribution >= 4 is 11.9 Å². The molecule has 1 radical (unpaired) electrons. The van der Waals surface area contributed by atoms with Crippen LogP contribution in [0, 0.1) is 0 Å². The molecule has 2 rings (SSSR count). The van der Waals surface area contributed by atoms with Crippen LogP contribution in [-0.2, 0) is 26.7 Å². The van der Waals surface area contributed by atoms with Crippen molar-refractivity contribution in [3.8, 4) is 11.4 Å². The standard InChI is InChI=1S/C10H8N2.C3H4O4.Cu/c1-3-7-11-9(5-1)10-6-2-4-8-12-10;4-2(5)1-3(6)7;/h1-8H;1H2,(H,4,5)(H,6,7);/q;;+2/p+2. The third kappa shape index (κ3) is 7.25. The first-order valence-corrected chi connectivity index (χ1v) is 5.41. The minimum Gasteiger partial charge on any atom is -0.564 e. The summed E-state index contributed by atoms with van der Waals surface area (Å²) in [6, 6.07) is 11.6. The van der Waals surface area contributed by atoms with E-state index >= 15 is 0 Å². The van der Waals surface area contributed by atoms with Gasteiger partial charge in [-0.3, -0.25) is 9.97 Å². The molecular formula is C13H14CuN2O4+4. The van der Waals surface area contributed by atoms with E-state index in [-0.39, 0.29) is 17.1 Å². The fourth-order valence-corrected chi connectivity index (χ4v) is 1.17. The van der Waals surface area contributed by atoms with Crippen LogP contribution in [0.5, 0.6) is 0 Å². The van der Waals surface area contributed by atoms with Crippen molar-refractivity contribution in [3.05, 3.63) is 48.8 Å². The molecule has 0 saturated heterocycles. The van der Waals surface area contributed by atoms with E-state index in [0.29, 0.717) is 0 Å². The molecule has 0 aliphatic carbocycles. The summed E-state index contributed by atoms with van der Waals surface area (Å²) in [5.41, 5.74) is 1.83. The van der Waals surface area contributed by atoms with Gasteiger partial charge >= 0.3 is 29.0 Å². The Bertz CT molecular complexity index is 485. The Morgan fingerprint density at radius 3 is 1.45 bits per heavy atom. The van der Waals surface area contributed by atoms with Gasteiger partial charge in [0.05, 0.1) is 11.4 Å². The van der Waals surface area contributed by atoms with Gasteiger partial charge < -0.3 is 10.2 Å². The summed E-state index contributed by atoms with van der Waals surface area (Å²) in [7, 11) is 0. The Morgan fingerprint density at radius 2 is 1.25 bits per heavy atom. The summed E-state index contributed by atoms with van der Waals surface area (Å²) in [5.74, 6) is -2.00. The van der Waals surface area contributed by atoms with Gasteiger partial charge in [0.15, 0.2) is 0 Å². The second kappa shape index (κ2) is 9.66. The number of pyridine rings is 2. The van der Waals surface area contributed by atoms with Crippen LogP contribution in [-0.4, -0.2) is 32.1 Å². The summed E-state index contributed by atoms with van der Waals surface area (Å²) in [6.07, 6.45) is 2.95. The van der Waals surface area contributed by atoms with Crippen molar-refractivity contribution in [2.75, 3.05) is 0 Å². The van der Waals surface area contributed by atoms with Crippen molar-refractivity contribution < 1.29 is 36.9 Å². The van der Waals surface area contributed by atoms with Crippen LogP contribution >= 0.6 is 0 Å². The quantitative estimate of drug-likeness (QED) is 0.450. The molecule has 0 aromatic carbocycles. The summed E-state index contributed by atoms with van der Waals surface area (Å²) >= 11 is 0. The summed E-state index contributed by atoms with van der Waals surface area (Å²) in [5, 5.41) is 12.3. The van der Waals surface area contributed by atoms with Gasteiger partial charge in [0.2, 0.25) is 0 Å². The molecule has 0 saturated carbocycles. The second-order valence-corrected chi connectivity index (χ2v) is 3.45. The van der Waals surface area contributed by atoms with E-state index in [1.165, 1.54) is 0 Å². The Morgan fingerprint density at radius 1 is 0.850 bits per heavy atom. The molecule has 0 unspecified atom stereocenters. The van der Waals surface area contributed by atoms with Crippen LogP contribution in [0.2, 0.25) is 0 Å². The molecule has 2 aromatic heterocycles. The zero-order valence-corrected chi connectivity index (χ0v) is 11.3. The first-order chi connectivity index (χ1) is 9.09. The van der Waals surface area contributed by atoms with E-state index in [2.05, 4.69) is 9.97 Å². The third-order valence-electron chi connectivity index (χ3n) is 1.91. The minimum absolute atomic E-state index is 0. The van der Waals surface area contributed by atoms with E-state index in [1.54, 1.807) is 12.4 Å². The number of carbonyl (C=O) groups excluding carboxylic acids is 2. The Hall–Kier alpha value is -2.24. The second-order valence-electron chi connectivity index (χ2n) is 3.45. The fourth-order valence-electron chi connectivity index (χ4n) is 1.17. The third-order valence-corrected chi connectivity index (χ3v) is 1.91. The Kier molecular flexibility index (Phi) is 8.58. The van der Waals surface area contributed by atoms with E-state index in [0.717, 1.165) is 11.4 Å². The zero-order chi connectivity index (χ0) is 14.1. The fraction of sp³-hybridized carbons (Fsp3) is 0.0769. The number of rotatable bonds is 3. The van der Waals surface area contributed by atoms with Crippen LogP contribution in [0.3, 0.4) is 0 Å². The van der Waals surface area contributed by atoms with Crippen LogP contribution in [0.1, 0.15) is 6.42 Å².